The summed E-state index contributed by atoms with van der Waals surface area (Å²) in [4.78, 5) is 15.1. The SMILES string of the molecule is c1ccc(-c2ccc(-n3c4ccccc4c4c3c3cc(-c5nc(-c6ccccc6)nc(-c6ccccc6)n5)ccc3n4-c3ccccc3)cc2)cc1. The summed E-state index contributed by atoms with van der Waals surface area (Å²) in [6.07, 6.45) is 0. The van der Waals surface area contributed by atoms with Gasteiger partial charge in [0.25, 0.3) is 0 Å². The summed E-state index contributed by atoms with van der Waals surface area (Å²) in [5.41, 5.74) is 12.0. The Morgan fingerprint density at radius 1 is 0.288 bits per heavy atom. The molecule has 10 rings (SSSR count). The van der Waals surface area contributed by atoms with Crippen molar-refractivity contribution < 1.29 is 0 Å². The van der Waals surface area contributed by atoms with Gasteiger partial charge in [-0.3, -0.25) is 0 Å². The van der Waals surface area contributed by atoms with Crippen LogP contribution in [0.1, 0.15) is 0 Å². The van der Waals surface area contributed by atoms with Crippen LogP contribution in [-0.4, -0.2) is 24.1 Å². The van der Waals surface area contributed by atoms with Crippen LogP contribution in [0.3, 0.4) is 0 Å². The van der Waals surface area contributed by atoms with Crippen molar-refractivity contribution in [1.29, 1.82) is 0 Å². The molecule has 10 aromatic rings. The number of hydrogen-bond acceptors (Lipinski definition) is 3. The van der Waals surface area contributed by atoms with Crippen LogP contribution in [0.4, 0.5) is 0 Å². The van der Waals surface area contributed by atoms with Gasteiger partial charge in [-0.1, -0.05) is 140 Å². The van der Waals surface area contributed by atoms with Crippen LogP contribution >= 0.6 is 0 Å². The predicted octanol–water partition coefficient (Wildman–Crippen LogP) is 11.6. The zero-order valence-corrected chi connectivity index (χ0v) is 28.1. The fourth-order valence-electron chi connectivity index (χ4n) is 7.36. The Bertz CT molecular complexity index is 2800. The Balaban J connectivity index is 1.26. The third-order valence-electron chi connectivity index (χ3n) is 9.77. The summed E-state index contributed by atoms with van der Waals surface area (Å²) in [6, 6.07) is 65.6. The Kier molecular flexibility index (Phi) is 7.07. The molecule has 0 radical (unpaired) electrons. The van der Waals surface area contributed by atoms with Crippen LogP contribution in [0, 0.1) is 0 Å². The summed E-state index contributed by atoms with van der Waals surface area (Å²) in [7, 11) is 0. The second-order valence-corrected chi connectivity index (χ2v) is 12.9. The van der Waals surface area contributed by atoms with E-state index in [9.17, 15) is 0 Å². The predicted molar refractivity (Wildman–Crippen MR) is 213 cm³/mol. The maximum Gasteiger partial charge on any atom is 0.164 e. The van der Waals surface area contributed by atoms with Crippen molar-refractivity contribution in [2.75, 3.05) is 0 Å². The van der Waals surface area contributed by atoms with Gasteiger partial charge in [-0.2, -0.15) is 0 Å². The molecule has 0 N–H and O–H groups in total. The van der Waals surface area contributed by atoms with E-state index < -0.39 is 0 Å². The van der Waals surface area contributed by atoms with Crippen LogP contribution in [0.2, 0.25) is 0 Å². The van der Waals surface area contributed by atoms with Gasteiger partial charge in [0.1, 0.15) is 0 Å². The van der Waals surface area contributed by atoms with Crippen LogP contribution < -0.4 is 0 Å². The van der Waals surface area contributed by atoms with E-state index in [0.717, 1.165) is 55.5 Å². The van der Waals surface area contributed by atoms with Crippen LogP contribution in [-0.2, 0) is 0 Å². The first-order valence-corrected chi connectivity index (χ1v) is 17.5. The molecule has 5 heteroatoms. The maximum atomic E-state index is 5.08. The quantitative estimate of drug-likeness (QED) is 0.178. The van der Waals surface area contributed by atoms with Crippen LogP contribution in [0.5, 0.6) is 0 Å². The molecule has 0 saturated carbocycles. The minimum atomic E-state index is 0.630. The molecule has 244 valence electrons. The molecule has 0 fully saturated rings. The normalized spacial score (nSPS) is 11.5. The highest BCUT2D eigenvalue weighted by molar-refractivity contribution is 6.20. The van der Waals surface area contributed by atoms with Crippen LogP contribution in [0.15, 0.2) is 188 Å². The average Bonchev–Trinajstić information content (AvgIpc) is 3.74. The third kappa shape index (κ3) is 4.98. The molecule has 0 spiro atoms. The number of para-hydroxylation sites is 2. The van der Waals surface area contributed by atoms with Gasteiger partial charge >= 0.3 is 0 Å². The highest BCUT2D eigenvalue weighted by Crippen LogP contribution is 2.42. The smallest absolute Gasteiger partial charge is 0.164 e. The first-order chi connectivity index (χ1) is 25.8. The molecular formula is C47H31N5. The van der Waals surface area contributed by atoms with Gasteiger partial charge in [-0.25, -0.2) is 15.0 Å². The minimum Gasteiger partial charge on any atom is -0.307 e. The summed E-state index contributed by atoms with van der Waals surface area (Å²) in [5, 5.41) is 2.30. The minimum absolute atomic E-state index is 0.630. The Hall–Kier alpha value is -7.11. The Labute approximate surface area is 300 Å². The number of nitrogens with zero attached hydrogens (tertiary/aromatic N) is 5. The first-order valence-electron chi connectivity index (χ1n) is 17.5. The van der Waals surface area contributed by atoms with E-state index in [1.54, 1.807) is 0 Å². The largest absolute Gasteiger partial charge is 0.307 e. The number of hydrogen-bond donors (Lipinski definition) is 0. The van der Waals surface area contributed by atoms with Crippen molar-refractivity contribution in [3.8, 4) is 56.7 Å². The van der Waals surface area contributed by atoms with E-state index in [-0.39, 0.29) is 0 Å². The molecule has 0 bridgehead atoms. The van der Waals surface area contributed by atoms with E-state index in [2.05, 4.69) is 137 Å². The van der Waals surface area contributed by atoms with Crippen molar-refractivity contribution in [3.05, 3.63) is 188 Å². The lowest BCUT2D eigenvalue weighted by Crippen LogP contribution is -2.00. The number of aromatic nitrogens is 5. The van der Waals surface area contributed by atoms with E-state index in [4.69, 9.17) is 15.0 Å². The van der Waals surface area contributed by atoms with E-state index in [1.165, 1.54) is 16.5 Å². The summed E-state index contributed by atoms with van der Waals surface area (Å²) < 4.78 is 4.80. The summed E-state index contributed by atoms with van der Waals surface area (Å²) in [5.74, 6) is 1.92. The summed E-state index contributed by atoms with van der Waals surface area (Å²) >= 11 is 0. The molecule has 52 heavy (non-hydrogen) atoms. The van der Waals surface area contributed by atoms with Gasteiger partial charge in [0.2, 0.25) is 0 Å². The first kappa shape index (κ1) is 29.8. The number of fused-ring (bicyclic) bond motifs is 5. The zero-order valence-electron chi connectivity index (χ0n) is 28.1. The molecule has 0 atom stereocenters. The van der Waals surface area contributed by atoms with Gasteiger partial charge in [-0.05, 0) is 59.7 Å². The fraction of sp³-hybridized carbons (Fsp3) is 0. The second kappa shape index (κ2) is 12.3. The molecule has 3 heterocycles. The highest BCUT2D eigenvalue weighted by Gasteiger charge is 2.23. The zero-order chi connectivity index (χ0) is 34.4. The fourth-order valence-corrected chi connectivity index (χ4v) is 7.36. The molecule has 0 amide bonds. The molecule has 0 aliphatic rings. The van der Waals surface area contributed by atoms with Crippen molar-refractivity contribution in [2.45, 2.75) is 0 Å². The lowest BCUT2D eigenvalue weighted by atomic mass is 10.1. The van der Waals surface area contributed by atoms with E-state index in [1.807, 2.05) is 60.7 Å². The van der Waals surface area contributed by atoms with Crippen molar-refractivity contribution in [3.63, 3.8) is 0 Å². The van der Waals surface area contributed by atoms with Crippen molar-refractivity contribution >= 4 is 32.8 Å². The van der Waals surface area contributed by atoms with Gasteiger partial charge in [0.15, 0.2) is 17.5 Å². The lowest BCUT2D eigenvalue weighted by Gasteiger charge is -2.11. The van der Waals surface area contributed by atoms with Gasteiger partial charge in [0, 0.05) is 38.8 Å². The average molecular weight is 666 g/mol. The van der Waals surface area contributed by atoms with Crippen molar-refractivity contribution in [1.82, 2.24) is 24.1 Å². The van der Waals surface area contributed by atoms with Gasteiger partial charge < -0.3 is 9.13 Å². The van der Waals surface area contributed by atoms with Crippen LogP contribution in [0.25, 0.3) is 89.5 Å². The second-order valence-electron chi connectivity index (χ2n) is 12.9. The van der Waals surface area contributed by atoms with Gasteiger partial charge in [0.05, 0.1) is 22.1 Å². The molecule has 5 nitrogen and oxygen atoms in total. The lowest BCUT2D eigenvalue weighted by molar-refractivity contribution is 1.07. The maximum absolute atomic E-state index is 5.08. The molecule has 7 aromatic carbocycles. The highest BCUT2D eigenvalue weighted by atomic mass is 15.1. The van der Waals surface area contributed by atoms with Crippen molar-refractivity contribution in [2.24, 2.45) is 0 Å². The monoisotopic (exact) mass is 665 g/mol. The molecule has 0 unspecified atom stereocenters. The third-order valence-corrected chi connectivity index (χ3v) is 9.77. The Morgan fingerprint density at radius 2 is 0.692 bits per heavy atom. The van der Waals surface area contributed by atoms with Gasteiger partial charge in [-0.15, -0.1) is 0 Å². The molecular weight excluding hydrogens is 635 g/mol. The van der Waals surface area contributed by atoms with E-state index in [0.29, 0.717) is 17.5 Å². The van der Waals surface area contributed by atoms with E-state index >= 15 is 0 Å². The molecule has 0 aliphatic carbocycles. The molecule has 0 aliphatic heterocycles. The standard InChI is InChI=1S/C47H31N5/c1-5-15-32(16-6-1)33-25-28-38(29-26-33)52-41-24-14-13-23-39(41)43-44(52)40-31-36(27-30-42(40)51(43)37-21-11-4-12-22-37)47-49-45(34-17-7-2-8-18-34)48-46(50-47)35-19-9-3-10-20-35/h1-31H. The number of benzene rings is 7. The number of rotatable bonds is 6. The Morgan fingerprint density at radius 3 is 1.29 bits per heavy atom. The molecule has 3 aromatic heterocycles. The molecule has 0 saturated heterocycles. The summed E-state index contributed by atoms with van der Waals surface area (Å²) in [6.45, 7) is 0. The topological polar surface area (TPSA) is 48.5 Å².